The van der Waals surface area contributed by atoms with E-state index >= 15 is 0 Å². The van der Waals surface area contributed by atoms with Gasteiger partial charge in [-0.05, 0) is 22.9 Å². The summed E-state index contributed by atoms with van der Waals surface area (Å²) in [5, 5.41) is 6.11. The average Bonchev–Trinajstić information content (AvgIpc) is 2.92. The summed E-state index contributed by atoms with van der Waals surface area (Å²) in [6.07, 6.45) is 0. The van der Waals surface area contributed by atoms with E-state index in [1.54, 1.807) is 11.3 Å². The van der Waals surface area contributed by atoms with Crippen LogP contribution in [-0.2, 0) is 0 Å². The van der Waals surface area contributed by atoms with Gasteiger partial charge in [0.1, 0.15) is 0 Å². The normalized spacial score (nSPS) is 11.8. The molecule has 0 aliphatic rings. The van der Waals surface area contributed by atoms with Crippen molar-refractivity contribution in [2.75, 3.05) is 0 Å². The number of para-hydroxylation sites is 1. The lowest BCUT2D eigenvalue weighted by Gasteiger charge is -1.92. The van der Waals surface area contributed by atoms with Gasteiger partial charge in [-0.3, -0.25) is 0 Å². The molecule has 2 aromatic heterocycles. The van der Waals surface area contributed by atoms with E-state index in [4.69, 9.17) is 0 Å². The molecule has 0 saturated carbocycles. The zero-order valence-electron chi connectivity index (χ0n) is 8.53. The Labute approximate surface area is 96.3 Å². The van der Waals surface area contributed by atoms with E-state index in [0.717, 1.165) is 0 Å². The van der Waals surface area contributed by atoms with Gasteiger partial charge in [0.05, 0.1) is 10.2 Å². The largest absolute Gasteiger partial charge is 0.353 e. The van der Waals surface area contributed by atoms with E-state index in [1.165, 1.54) is 31.9 Å². The molecular weight excluding hydrogens is 214 g/mol. The Morgan fingerprint density at radius 1 is 0.875 bits per heavy atom. The molecule has 2 aromatic carbocycles. The van der Waals surface area contributed by atoms with Gasteiger partial charge >= 0.3 is 0 Å². The highest BCUT2D eigenvalue weighted by Gasteiger charge is 2.07. The van der Waals surface area contributed by atoms with Gasteiger partial charge in [-0.25, -0.2) is 0 Å². The molecule has 2 heterocycles. The smallest absolute Gasteiger partial charge is 0.0646 e. The van der Waals surface area contributed by atoms with Crippen molar-refractivity contribution in [3.8, 4) is 0 Å². The van der Waals surface area contributed by atoms with Gasteiger partial charge in [0.15, 0.2) is 0 Å². The Kier molecular flexibility index (Phi) is 1.50. The molecule has 76 valence electrons. The van der Waals surface area contributed by atoms with Crippen molar-refractivity contribution in [1.29, 1.82) is 0 Å². The SMILES string of the molecule is c1ccc2c(c1)[nH]c1c2ccc2ccsc21. The minimum absolute atomic E-state index is 1.22. The van der Waals surface area contributed by atoms with Gasteiger partial charge in [-0.2, -0.15) is 0 Å². The number of H-pyrrole nitrogens is 1. The second-order valence-corrected chi connectivity index (χ2v) is 4.91. The lowest BCUT2D eigenvalue weighted by atomic mass is 10.1. The number of aromatic nitrogens is 1. The van der Waals surface area contributed by atoms with Crippen molar-refractivity contribution in [1.82, 2.24) is 4.98 Å². The lowest BCUT2D eigenvalue weighted by Crippen LogP contribution is -1.67. The molecule has 0 spiro atoms. The summed E-state index contributed by atoms with van der Waals surface area (Å²) in [6.45, 7) is 0. The molecule has 0 aliphatic carbocycles. The molecule has 0 fully saturated rings. The Balaban J connectivity index is 2.38. The first-order valence-corrected chi connectivity index (χ1v) is 6.18. The van der Waals surface area contributed by atoms with Crippen LogP contribution in [-0.4, -0.2) is 4.98 Å². The van der Waals surface area contributed by atoms with Crippen molar-refractivity contribution in [2.45, 2.75) is 0 Å². The summed E-state index contributed by atoms with van der Waals surface area (Å²) in [4.78, 5) is 3.52. The maximum absolute atomic E-state index is 3.52. The van der Waals surface area contributed by atoms with E-state index in [9.17, 15) is 0 Å². The maximum atomic E-state index is 3.52. The molecule has 0 aliphatic heterocycles. The number of nitrogens with one attached hydrogen (secondary N) is 1. The van der Waals surface area contributed by atoms with Crippen molar-refractivity contribution >= 4 is 43.2 Å². The summed E-state index contributed by atoms with van der Waals surface area (Å²) in [7, 11) is 0. The van der Waals surface area contributed by atoms with Gasteiger partial charge in [0, 0.05) is 16.3 Å². The van der Waals surface area contributed by atoms with Crippen LogP contribution in [0.1, 0.15) is 0 Å². The summed E-state index contributed by atoms with van der Waals surface area (Å²) < 4.78 is 1.36. The topological polar surface area (TPSA) is 15.8 Å². The first kappa shape index (κ1) is 8.36. The molecule has 0 unspecified atom stereocenters. The van der Waals surface area contributed by atoms with Gasteiger partial charge < -0.3 is 4.98 Å². The fourth-order valence-corrected chi connectivity index (χ4v) is 3.24. The van der Waals surface area contributed by atoms with Crippen LogP contribution in [0.2, 0.25) is 0 Å². The minimum Gasteiger partial charge on any atom is -0.353 e. The minimum atomic E-state index is 1.22. The fourth-order valence-electron chi connectivity index (χ4n) is 2.34. The van der Waals surface area contributed by atoms with Crippen molar-refractivity contribution in [3.63, 3.8) is 0 Å². The molecule has 0 bridgehead atoms. The zero-order valence-corrected chi connectivity index (χ0v) is 9.34. The van der Waals surface area contributed by atoms with Crippen LogP contribution in [0.3, 0.4) is 0 Å². The summed E-state index contributed by atoms with van der Waals surface area (Å²) >= 11 is 1.80. The molecule has 4 aromatic rings. The Morgan fingerprint density at radius 2 is 1.81 bits per heavy atom. The van der Waals surface area contributed by atoms with E-state index in [0.29, 0.717) is 0 Å². The monoisotopic (exact) mass is 223 g/mol. The highest BCUT2D eigenvalue weighted by atomic mass is 32.1. The Hall–Kier alpha value is -1.80. The first-order valence-electron chi connectivity index (χ1n) is 5.30. The quantitative estimate of drug-likeness (QED) is 0.450. The number of thiophene rings is 1. The van der Waals surface area contributed by atoms with Crippen LogP contribution in [0, 0.1) is 0 Å². The van der Waals surface area contributed by atoms with Crippen LogP contribution in [0.4, 0.5) is 0 Å². The lowest BCUT2D eigenvalue weighted by molar-refractivity contribution is 1.57. The molecule has 0 radical (unpaired) electrons. The molecule has 0 saturated heterocycles. The van der Waals surface area contributed by atoms with E-state index in [1.807, 2.05) is 0 Å². The number of hydrogen-bond donors (Lipinski definition) is 1. The van der Waals surface area contributed by atoms with Gasteiger partial charge in [0.25, 0.3) is 0 Å². The molecule has 4 rings (SSSR count). The number of rotatable bonds is 0. The molecule has 2 heteroatoms. The summed E-state index contributed by atoms with van der Waals surface area (Å²) in [6, 6.07) is 15.1. The second kappa shape index (κ2) is 2.86. The number of fused-ring (bicyclic) bond motifs is 5. The van der Waals surface area contributed by atoms with E-state index < -0.39 is 0 Å². The van der Waals surface area contributed by atoms with Gasteiger partial charge in [-0.1, -0.05) is 30.3 Å². The maximum Gasteiger partial charge on any atom is 0.0646 e. The van der Waals surface area contributed by atoms with E-state index in [2.05, 4.69) is 52.8 Å². The summed E-state index contributed by atoms with van der Waals surface area (Å²) in [5.41, 5.74) is 2.49. The number of benzene rings is 2. The third-order valence-corrected chi connectivity index (χ3v) is 4.05. The molecule has 0 amide bonds. The number of aromatic amines is 1. The standard InChI is InChI=1S/C14H9NS/c1-2-4-12-10(3-1)11-6-5-9-7-8-16-14(9)13(11)15-12/h1-8,15H. The first-order chi connectivity index (χ1) is 7.93. The molecule has 1 nitrogen and oxygen atoms in total. The van der Waals surface area contributed by atoms with Gasteiger partial charge in [-0.15, -0.1) is 11.3 Å². The molecular formula is C14H9NS. The molecule has 0 atom stereocenters. The van der Waals surface area contributed by atoms with Crippen molar-refractivity contribution in [2.24, 2.45) is 0 Å². The fraction of sp³-hybridized carbons (Fsp3) is 0. The van der Waals surface area contributed by atoms with Gasteiger partial charge in [0.2, 0.25) is 0 Å². The molecule has 16 heavy (non-hydrogen) atoms. The van der Waals surface area contributed by atoms with Crippen molar-refractivity contribution in [3.05, 3.63) is 47.8 Å². The third kappa shape index (κ3) is 0.947. The predicted octanol–water partition coefficient (Wildman–Crippen LogP) is 4.54. The summed E-state index contributed by atoms with van der Waals surface area (Å²) in [5.74, 6) is 0. The second-order valence-electron chi connectivity index (χ2n) is 4.00. The van der Waals surface area contributed by atoms with Crippen LogP contribution < -0.4 is 0 Å². The Bertz CT molecular complexity index is 807. The van der Waals surface area contributed by atoms with Crippen LogP contribution in [0.5, 0.6) is 0 Å². The van der Waals surface area contributed by atoms with Crippen molar-refractivity contribution < 1.29 is 0 Å². The Morgan fingerprint density at radius 3 is 2.81 bits per heavy atom. The third-order valence-electron chi connectivity index (χ3n) is 3.10. The van der Waals surface area contributed by atoms with Crippen LogP contribution in [0.15, 0.2) is 47.8 Å². The highest BCUT2D eigenvalue weighted by molar-refractivity contribution is 7.18. The van der Waals surface area contributed by atoms with E-state index in [-0.39, 0.29) is 0 Å². The molecule has 1 N–H and O–H groups in total. The van der Waals surface area contributed by atoms with Crippen LogP contribution in [0.25, 0.3) is 31.9 Å². The zero-order chi connectivity index (χ0) is 10.5. The predicted molar refractivity (Wildman–Crippen MR) is 71.2 cm³/mol. The highest BCUT2D eigenvalue weighted by Crippen LogP contribution is 2.33. The average molecular weight is 223 g/mol. The van der Waals surface area contributed by atoms with Crippen LogP contribution >= 0.6 is 11.3 Å². The number of hydrogen-bond acceptors (Lipinski definition) is 1.